The highest BCUT2D eigenvalue weighted by Crippen LogP contribution is 2.59. The minimum atomic E-state index is -1.28. The Morgan fingerprint density at radius 3 is 2.60 bits per heavy atom. The maximum atomic E-state index is 14.6. The van der Waals surface area contributed by atoms with Gasteiger partial charge in [0.25, 0.3) is 5.91 Å². The number of hydrogen-bond acceptors (Lipinski definition) is 7. The molecule has 0 saturated carbocycles. The van der Waals surface area contributed by atoms with Crippen molar-refractivity contribution in [1.29, 1.82) is 0 Å². The average Bonchev–Trinajstić information content (AvgIpc) is 3.62. The van der Waals surface area contributed by atoms with Gasteiger partial charge in [0.15, 0.2) is 0 Å². The topological polar surface area (TPSA) is 125 Å². The maximum absolute atomic E-state index is 14.6. The van der Waals surface area contributed by atoms with Crippen LogP contribution in [0.3, 0.4) is 0 Å². The molecule has 3 heterocycles. The Balaban J connectivity index is 1.67. The number of fused-ring (bicyclic) bond motifs is 1. The first-order valence-corrected chi connectivity index (χ1v) is 15.3. The van der Waals surface area contributed by atoms with Crippen molar-refractivity contribution in [2.45, 2.75) is 76.3 Å². The van der Waals surface area contributed by atoms with Crippen molar-refractivity contribution >= 4 is 41.0 Å². The third-order valence-electron chi connectivity index (χ3n) is 8.76. The van der Waals surface area contributed by atoms with Crippen molar-refractivity contribution in [1.82, 2.24) is 10.2 Å². The summed E-state index contributed by atoms with van der Waals surface area (Å²) in [6, 6.07) is 5.12. The van der Waals surface area contributed by atoms with E-state index in [9.17, 15) is 24.3 Å². The normalized spacial score (nSPS) is 27.0. The Morgan fingerprint density at radius 1 is 1.26 bits per heavy atom. The maximum Gasteiger partial charge on any atom is 0.312 e. The highest BCUT2D eigenvalue weighted by Gasteiger charge is 2.76. The summed E-state index contributed by atoms with van der Waals surface area (Å²) in [7, 11) is 0. The van der Waals surface area contributed by atoms with Crippen LogP contribution in [-0.4, -0.2) is 83.3 Å². The smallest absolute Gasteiger partial charge is 0.312 e. The molecule has 0 aliphatic carbocycles. The number of halogens is 1. The van der Waals surface area contributed by atoms with Gasteiger partial charge in [-0.05, 0) is 44.2 Å². The number of esters is 1. The minimum Gasteiger partial charge on any atom is -0.460 e. The van der Waals surface area contributed by atoms with Crippen molar-refractivity contribution in [2.75, 3.05) is 24.6 Å². The molecule has 0 aromatic heterocycles. The number of amides is 3. The summed E-state index contributed by atoms with van der Waals surface area (Å²) in [6.07, 6.45) is 3.65. The van der Waals surface area contributed by atoms with Crippen LogP contribution in [0.5, 0.6) is 0 Å². The molecule has 4 rings (SSSR count). The zero-order valence-electron chi connectivity index (χ0n) is 25.0. The van der Waals surface area contributed by atoms with E-state index in [-0.39, 0.29) is 37.9 Å². The summed E-state index contributed by atoms with van der Waals surface area (Å²) in [5, 5.41) is 13.5. The molecule has 1 spiro atoms. The first-order valence-electron chi connectivity index (χ1n) is 14.9. The lowest BCUT2D eigenvalue weighted by Gasteiger charge is -2.40. The lowest BCUT2D eigenvalue weighted by molar-refractivity contribution is -0.160. The number of hydrogen-bond donors (Lipinski definition) is 2. The van der Waals surface area contributed by atoms with Crippen molar-refractivity contribution in [3.05, 3.63) is 54.6 Å². The molecule has 3 amide bonds. The number of carbonyl (C=O) groups excluding carboxylic acids is 4. The van der Waals surface area contributed by atoms with Crippen LogP contribution in [0.1, 0.15) is 46.5 Å². The van der Waals surface area contributed by atoms with E-state index < -0.39 is 59.5 Å². The number of benzene rings is 1. The highest BCUT2D eigenvalue weighted by atomic mass is 35.5. The van der Waals surface area contributed by atoms with Crippen LogP contribution in [0.15, 0.2) is 49.6 Å². The van der Waals surface area contributed by atoms with Crippen LogP contribution in [-0.2, 0) is 28.7 Å². The van der Waals surface area contributed by atoms with E-state index in [1.165, 1.54) is 9.80 Å². The standard InChI is InChI=1S/C32H42ClN3O7/c1-6-8-13-25(38)34-17-20(5)42-31(41)26-24-14-15-32(43-24)27(26)29(39)36(23(18-37)19(3)4)28(32)30(40)35(16-7-2)22-12-10-9-11-21(22)33/h6-7,9-12,19-20,23-24,26-28,37H,1-2,8,13-18H2,3-5H3,(H,34,38)/t20-,23+,24-,26+,27+,28-,32+/m1/s1. The van der Waals surface area contributed by atoms with Crippen molar-refractivity contribution < 1.29 is 33.8 Å². The Morgan fingerprint density at radius 2 is 1.98 bits per heavy atom. The molecule has 2 N–H and O–H groups in total. The molecule has 0 radical (unpaired) electrons. The predicted molar refractivity (Wildman–Crippen MR) is 162 cm³/mol. The number of anilines is 1. The molecule has 3 aliphatic heterocycles. The first-order chi connectivity index (χ1) is 20.5. The van der Waals surface area contributed by atoms with Crippen molar-refractivity contribution in [3.8, 4) is 0 Å². The lowest BCUT2D eigenvalue weighted by Crippen LogP contribution is -2.59. The quantitative estimate of drug-likeness (QED) is 0.243. The number of nitrogens with one attached hydrogen (secondary N) is 1. The number of para-hydroxylation sites is 1. The van der Waals surface area contributed by atoms with Gasteiger partial charge in [-0.15, -0.1) is 13.2 Å². The summed E-state index contributed by atoms with van der Waals surface area (Å²) in [6.45, 7) is 12.7. The van der Waals surface area contributed by atoms with Crippen LogP contribution >= 0.6 is 11.6 Å². The number of nitrogens with zero attached hydrogens (tertiary/aromatic N) is 2. The Bertz CT molecular complexity index is 1260. The van der Waals surface area contributed by atoms with E-state index >= 15 is 0 Å². The largest absolute Gasteiger partial charge is 0.460 e. The van der Waals surface area contributed by atoms with Gasteiger partial charge in [-0.2, -0.15) is 0 Å². The SMILES string of the molecule is C=CCCC(=O)NC[C@@H](C)OC(=O)[C@@H]1[C@H]2C(=O)N([C@@H](CO)C(C)C)[C@H](C(=O)N(CC=C)c3ccccc3Cl)[C@]23CC[C@H]1O3. The van der Waals surface area contributed by atoms with Crippen LogP contribution in [0, 0.1) is 17.8 Å². The molecule has 1 aromatic carbocycles. The summed E-state index contributed by atoms with van der Waals surface area (Å²) in [4.78, 5) is 57.5. The highest BCUT2D eigenvalue weighted by molar-refractivity contribution is 6.34. The third kappa shape index (κ3) is 6.10. The second-order valence-electron chi connectivity index (χ2n) is 11.9. The number of likely N-dealkylation sites (tertiary alicyclic amines) is 1. The molecule has 43 heavy (non-hydrogen) atoms. The second kappa shape index (κ2) is 13.6. The van der Waals surface area contributed by atoms with E-state index in [0.717, 1.165) is 0 Å². The number of carbonyl (C=O) groups is 4. The molecule has 0 unspecified atom stereocenters. The number of rotatable bonds is 14. The molecule has 3 saturated heterocycles. The van der Waals surface area contributed by atoms with Crippen molar-refractivity contribution in [3.63, 3.8) is 0 Å². The van der Waals surface area contributed by atoms with Crippen LogP contribution in [0.4, 0.5) is 5.69 Å². The minimum absolute atomic E-state index is 0.116. The number of ether oxygens (including phenoxy) is 2. The zero-order chi connectivity index (χ0) is 31.5. The third-order valence-corrected chi connectivity index (χ3v) is 9.08. The van der Waals surface area contributed by atoms with Gasteiger partial charge in [-0.25, -0.2) is 0 Å². The summed E-state index contributed by atoms with van der Waals surface area (Å²) in [5.41, 5.74) is -0.827. The molecule has 3 aliphatic rings. The van der Waals surface area contributed by atoms with Gasteiger partial charge in [0, 0.05) is 13.0 Å². The van der Waals surface area contributed by atoms with E-state index in [1.54, 1.807) is 43.3 Å². The first kappa shape index (κ1) is 32.7. The van der Waals surface area contributed by atoms with Crippen LogP contribution < -0.4 is 10.2 Å². The Hall–Kier alpha value is -3.21. The fourth-order valence-corrected chi connectivity index (χ4v) is 7.01. The molecule has 10 nitrogen and oxygen atoms in total. The molecule has 1 aromatic rings. The number of aliphatic hydroxyl groups excluding tert-OH is 1. The van der Waals surface area contributed by atoms with Gasteiger partial charge in [0.05, 0.1) is 47.8 Å². The van der Waals surface area contributed by atoms with Gasteiger partial charge in [-0.3, -0.25) is 19.2 Å². The molecule has 3 fully saturated rings. The van der Waals surface area contributed by atoms with Crippen LogP contribution in [0.2, 0.25) is 5.02 Å². The van der Waals surface area contributed by atoms with Gasteiger partial charge in [0.2, 0.25) is 11.8 Å². The number of allylic oxidation sites excluding steroid dienone is 1. The van der Waals surface area contributed by atoms with Gasteiger partial charge >= 0.3 is 5.97 Å². The van der Waals surface area contributed by atoms with E-state index in [2.05, 4.69) is 18.5 Å². The molecule has 234 valence electrons. The molecular weight excluding hydrogens is 574 g/mol. The predicted octanol–water partition coefficient (Wildman–Crippen LogP) is 3.26. The van der Waals surface area contributed by atoms with Gasteiger partial charge in [0.1, 0.15) is 17.7 Å². The molecular formula is C32H42ClN3O7. The monoisotopic (exact) mass is 615 g/mol. The fourth-order valence-electron chi connectivity index (χ4n) is 6.77. The number of aliphatic hydroxyl groups is 1. The molecule has 7 atom stereocenters. The van der Waals surface area contributed by atoms with Crippen LogP contribution in [0.25, 0.3) is 0 Å². The summed E-state index contributed by atoms with van der Waals surface area (Å²) in [5.74, 6) is -3.72. The van der Waals surface area contributed by atoms with Gasteiger partial charge in [-0.1, -0.05) is 49.7 Å². The average molecular weight is 616 g/mol. The molecule has 11 heteroatoms. The Kier molecular flexibility index (Phi) is 10.4. The van der Waals surface area contributed by atoms with E-state index in [1.807, 2.05) is 13.8 Å². The van der Waals surface area contributed by atoms with E-state index in [0.29, 0.717) is 30.0 Å². The summed E-state index contributed by atoms with van der Waals surface area (Å²) >= 11 is 6.51. The molecule has 2 bridgehead atoms. The Labute approximate surface area is 258 Å². The van der Waals surface area contributed by atoms with Crippen molar-refractivity contribution in [2.24, 2.45) is 17.8 Å². The van der Waals surface area contributed by atoms with Gasteiger partial charge < -0.3 is 29.7 Å². The van der Waals surface area contributed by atoms with E-state index in [4.69, 9.17) is 21.1 Å². The fraction of sp³-hybridized carbons (Fsp3) is 0.562. The zero-order valence-corrected chi connectivity index (χ0v) is 25.8. The summed E-state index contributed by atoms with van der Waals surface area (Å²) < 4.78 is 12.2. The lowest BCUT2D eigenvalue weighted by atomic mass is 9.70. The second-order valence-corrected chi connectivity index (χ2v) is 12.3.